The number of aromatic nitrogens is 2. The number of benzene rings is 3. The number of ether oxygens (including phenoxy) is 1. The van der Waals surface area contributed by atoms with Crippen LogP contribution in [0, 0.1) is 5.82 Å². The molecule has 0 unspecified atom stereocenters. The molecule has 1 aromatic heterocycles. The van der Waals surface area contributed by atoms with Gasteiger partial charge >= 0.3 is 0 Å². The van der Waals surface area contributed by atoms with E-state index in [1.165, 1.54) is 18.5 Å². The van der Waals surface area contributed by atoms with Crippen LogP contribution in [-0.2, 0) is 0 Å². The molecule has 5 nitrogen and oxygen atoms in total. The lowest BCUT2D eigenvalue weighted by Crippen LogP contribution is -1.97. The van der Waals surface area contributed by atoms with Gasteiger partial charge in [-0.15, -0.1) is 0 Å². The van der Waals surface area contributed by atoms with Gasteiger partial charge in [-0.3, -0.25) is 0 Å². The fourth-order valence-corrected chi connectivity index (χ4v) is 2.76. The molecule has 0 aliphatic rings. The highest BCUT2D eigenvalue weighted by Crippen LogP contribution is 2.30. The topological polar surface area (TPSA) is 73.1 Å². The first kappa shape index (κ1) is 17.1. The van der Waals surface area contributed by atoms with Crippen LogP contribution in [0.1, 0.15) is 0 Å². The molecule has 134 valence electrons. The van der Waals surface area contributed by atoms with Gasteiger partial charge in [0.05, 0.1) is 10.5 Å². The normalized spacial score (nSPS) is 10.7. The number of hydrogen-bond acceptors (Lipinski definition) is 5. The van der Waals surface area contributed by atoms with E-state index in [-0.39, 0.29) is 5.02 Å². The van der Waals surface area contributed by atoms with Gasteiger partial charge in [-0.2, -0.15) is 0 Å². The fraction of sp³-hybridized carbons (Fsp3) is 0. The Hall–Kier alpha value is -3.38. The van der Waals surface area contributed by atoms with Gasteiger partial charge in [0.15, 0.2) is 0 Å². The Balaban J connectivity index is 1.68. The third-order valence-corrected chi connectivity index (χ3v) is 4.19. The summed E-state index contributed by atoms with van der Waals surface area (Å²) < 4.78 is 19.2. The van der Waals surface area contributed by atoms with E-state index >= 15 is 0 Å². The Labute approximate surface area is 159 Å². The van der Waals surface area contributed by atoms with E-state index < -0.39 is 5.82 Å². The molecule has 1 heterocycles. The van der Waals surface area contributed by atoms with Gasteiger partial charge < -0.3 is 15.8 Å². The Morgan fingerprint density at radius 2 is 1.70 bits per heavy atom. The average molecular weight is 381 g/mol. The molecule has 0 amide bonds. The van der Waals surface area contributed by atoms with E-state index in [0.717, 1.165) is 10.9 Å². The molecule has 3 aromatic carbocycles. The number of nitrogens with one attached hydrogen (secondary N) is 1. The molecule has 27 heavy (non-hydrogen) atoms. The first-order chi connectivity index (χ1) is 13.1. The zero-order valence-corrected chi connectivity index (χ0v) is 14.7. The molecule has 0 aliphatic carbocycles. The monoisotopic (exact) mass is 380 g/mol. The number of rotatable bonds is 4. The highest BCUT2D eigenvalue weighted by molar-refractivity contribution is 6.31. The summed E-state index contributed by atoms with van der Waals surface area (Å²) in [6.07, 6.45) is 1.45. The SMILES string of the molecule is Nc1ccc(Oc2ccc3ncnc(Nc4ccc(F)c(Cl)c4)c3c2)cc1. The van der Waals surface area contributed by atoms with E-state index in [2.05, 4.69) is 15.3 Å². The molecular weight excluding hydrogens is 367 g/mol. The fourth-order valence-electron chi connectivity index (χ4n) is 2.58. The molecule has 7 heteroatoms. The van der Waals surface area contributed by atoms with Crippen molar-refractivity contribution in [3.63, 3.8) is 0 Å². The number of nitrogens with zero attached hydrogens (tertiary/aromatic N) is 2. The maximum Gasteiger partial charge on any atom is 0.141 e. The van der Waals surface area contributed by atoms with Crippen LogP contribution in [0.25, 0.3) is 10.9 Å². The van der Waals surface area contributed by atoms with Gasteiger partial charge in [-0.25, -0.2) is 14.4 Å². The number of hydrogen-bond donors (Lipinski definition) is 2. The lowest BCUT2D eigenvalue weighted by molar-refractivity contribution is 0.483. The summed E-state index contributed by atoms with van der Waals surface area (Å²) >= 11 is 5.85. The van der Waals surface area contributed by atoms with Crippen molar-refractivity contribution in [3.8, 4) is 11.5 Å². The summed E-state index contributed by atoms with van der Waals surface area (Å²) in [6, 6.07) is 17.0. The molecule has 0 aliphatic heterocycles. The summed E-state index contributed by atoms with van der Waals surface area (Å²) in [5.41, 5.74) is 7.72. The predicted molar refractivity (Wildman–Crippen MR) is 105 cm³/mol. The van der Waals surface area contributed by atoms with Crippen LogP contribution in [0.5, 0.6) is 11.5 Å². The van der Waals surface area contributed by atoms with Crippen LogP contribution in [0.2, 0.25) is 5.02 Å². The molecule has 4 rings (SSSR count). The summed E-state index contributed by atoms with van der Waals surface area (Å²) in [6.45, 7) is 0. The molecule has 0 spiro atoms. The summed E-state index contributed by atoms with van der Waals surface area (Å²) in [5, 5.41) is 3.93. The lowest BCUT2D eigenvalue weighted by Gasteiger charge is -2.11. The van der Waals surface area contributed by atoms with Gasteiger partial charge in [-0.1, -0.05) is 11.6 Å². The van der Waals surface area contributed by atoms with Crippen LogP contribution in [-0.4, -0.2) is 9.97 Å². The van der Waals surface area contributed by atoms with Crippen molar-refractivity contribution in [2.45, 2.75) is 0 Å². The zero-order chi connectivity index (χ0) is 18.8. The number of nitrogens with two attached hydrogens (primary N) is 1. The molecular formula is C20H14ClFN4O. The largest absolute Gasteiger partial charge is 0.457 e. The smallest absolute Gasteiger partial charge is 0.141 e. The molecule has 0 saturated heterocycles. The number of nitrogen functional groups attached to an aromatic ring is 1. The molecule has 0 bridgehead atoms. The van der Waals surface area contributed by atoms with Crippen molar-refractivity contribution in [2.24, 2.45) is 0 Å². The van der Waals surface area contributed by atoms with Gasteiger partial charge in [0, 0.05) is 16.8 Å². The quantitative estimate of drug-likeness (QED) is 0.455. The highest BCUT2D eigenvalue weighted by Gasteiger charge is 2.08. The molecule has 0 atom stereocenters. The third-order valence-electron chi connectivity index (χ3n) is 3.90. The van der Waals surface area contributed by atoms with Crippen molar-refractivity contribution >= 4 is 39.7 Å². The second-order valence-electron chi connectivity index (χ2n) is 5.83. The van der Waals surface area contributed by atoms with Crippen LogP contribution < -0.4 is 15.8 Å². The van der Waals surface area contributed by atoms with Gasteiger partial charge in [0.2, 0.25) is 0 Å². The lowest BCUT2D eigenvalue weighted by atomic mass is 10.2. The van der Waals surface area contributed by atoms with E-state index in [4.69, 9.17) is 22.1 Å². The summed E-state index contributed by atoms with van der Waals surface area (Å²) in [7, 11) is 0. The van der Waals surface area contributed by atoms with Gasteiger partial charge in [-0.05, 0) is 60.7 Å². The minimum absolute atomic E-state index is 0.0331. The first-order valence-electron chi connectivity index (χ1n) is 8.09. The molecule has 3 N–H and O–H groups in total. The zero-order valence-electron chi connectivity index (χ0n) is 14.0. The summed E-state index contributed by atoms with van der Waals surface area (Å²) in [5.74, 6) is 1.38. The third kappa shape index (κ3) is 3.75. The van der Waals surface area contributed by atoms with Crippen molar-refractivity contribution in [3.05, 3.63) is 77.8 Å². The number of fused-ring (bicyclic) bond motifs is 1. The standard InChI is InChI=1S/C20H14ClFN4O/c21-17-9-13(3-7-18(17)22)26-20-16-10-15(6-8-19(16)24-11-25-20)27-14-4-1-12(23)2-5-14/h1-11H,23H2,(H,24,25,26). The molecule has 0 radical (unpaired) electrons. The Kier molecular flexibility index (Phi) is 4.48. The second kappa shape index (κ2) is 7.09. The Bertz CT molecular complexity index is 1120. The van der Waals surface area contributed by atoms with Crippen LogP contribution in [0.15, 0.2) is 67.0 Å². The first-order valence-corrected chi connectivity index (χ1v) is 8.46. The van der Waals surface area contributed by atoms with Crippen molar-refractivity contribution in [2.75, 3.05) is 11.1 Å². The van der Waals surface area contributed by atoms with E-state index in [1.54, 1.807) is 30.3 Å². The minimum atomic E-state index is -0.478. The van der Waals surface area contributed by atoms with E-state index in [1.807, 2.05) is 18.2 Å². The number of anilines is 3. The Morgan fingerprint density at radius 1 is 0.926 bits per heavy atom. The molecule has 0 fully saturated rings. The van der Waals surface area contributed by atoms with Crippen molar-refractivity contribution in [1.29, 1.82) is 0 Å². The maximum atomic E-state index is 13.4. The number of halogens is 2. The minimum Gasteiger partial charge on any atom is -0.457 e. The van der Waals surface area contributed by atoms with E-state index in [9.17, 15) is 4.39 Å². The average Bonchev–Trinajstić information content (AvgIpc) is 2.67. The summed E-state index contributed by atoms with van der Waals surface area (Å²) in [4.78, 5) is 8.55. The van der Waals surface area contributed by atoms with Gasteiger partial charge in [0.25, 0.3) is 0 Å². The van der Waals surface area contributed by atoms with Gasteiger partial charge in [0.1, 0.15) is 29.5 Å². The van der Waals surface area contributed by atoms with Crippen LogP contribution >= 0.6 is 11.6 Å². The van der Waals surface area contributed by atoms with Crippen LogP contribution in [0.3, 0.4) is 0 Å². The van der Waals surface area contributed by atoms with Crippen LogP contribution in [0.4, 0.5) is 21.6 Å². The van der Waals surface area contributed by atoms with Crippen molar-refractivity contribution in [1.82, 2.24) is 9.97 Å². The van der Waals surface area contributed by atoms with E-state index in [0.29, 0.717) is 28.7 Å². The Morgan fingerprint density at radius 3 is 2.48 bits per heavy atom. The molecule has 0 saturated carbocycles. The molecule has 4 aromatic rings. The second-order valence-corrected chi connectivity index (χ2v) is 6.23. The maximum absolute atomic E-state index is 13.4. The predicted octanol–water partition coefficient (Wildman–Crippen LogP) is 5.54. The highest BCUT2D eigenvalue weighted by atomic mass is 35.5. The van der Waals surface area contributed by atoms with Crippen molar-refractivity contribution < 1.29 is 9.13 Å².